The summed E-state index contributed by atoms with van der Waals surface area (Å²) in [4.78, 5) is 11.9. The average molecular weight is 265 g/mol. The van der Waals surface area contributed by atoms with Crippen LogP contribution in [0.4, 0.5) is 4.39 Å². The fraction of sp³-hybridized carbons (Fsp3) is 0.533. The number of carbonyl (C=O) groups excluding carboxylic acids is 1. The predicted octanol–water partition coefficient (Wildman–Crippen LogP) is 2.35. The summed E-state index contributed by atoms with van der Waals surface area (Å²) in [6.45, 7) is 0.776. The SMILES string of the molecule is O=C(NCC1CCCCC1CO)c1ccc(F)cc1. The van der Waals surface area contributed by atoms with Gasteiger partial charge >= 0.3 is 0 Å². The van der Waals surface area contributed by atoms with Crippen LogP contribution in [0.15, 0.2) is 24.3 Å². The molecule has 0 aromatic heterocycles. The molecule has 1 saturated carbocycles. The molecule has 0 radical (unpaired) electrons. The van der Waals surface area contributed by atoms with Gasteiger partial charge in [0.15, 0.2) is 0 Å². The van der Waals surface area contributed by atoms with Crippen LogP contribution in [-0.2, 0) is 0 Å². The molecule has 3 nitrogen and oxygen atoms in total. The molecular formula is C15H20FNO2. The molecule has 2 unspecified atom stereocenters. The van der Waals surface area contributed by atoms with Crippen LogP contribution in [0.5, 0.6) is 0 Å². The monoisotopic (exact) mass is 265 g/mol. The van der Waals surface area contributed by atoms with Gasteiger partial charge in [-0.2, -0.15) is 0 Å². The molecule has 0 saturated heterocycles. The Balaban J connectivity index is 1.87. The number of rotatable bonds is 4. The van der Waals surface area contributed by atoms with Gasteiger partial charge in [-0.05, 0) is 48.9 Å². The standard InChI is InChI=1S/C15H20FNO2/c16-14-7-5-11(6-8-14)15(19)17-9-12-3-1-2-4-13(12)10-18/h5-8,12-13,18H,1-4,9-10H2,(H,17,19). The predicted molar refractivity (Wildman–Crippen MR) is 71.3 cm³/mol. The third kappa shape index (κ3) is 3.77. The van der Waals surface area contributed by atoms with Crippen molar-refractivity contribution in [2.45, 2.75) is 25.7 Å². The second-order valence-electron chi connectivity index (χ2n) is 5.20. The summed E-state index contributed by atoms with van der Waals surface area (Å²) in [5.41, 5.74) is 0.470. The van der Waals surface area contributed by atoms with E-state index in [0.717, 1.165) is 25.7 Å². The zero-order valence-electron chi connectivity index (χ0n) is 10.9. The zero-order chi connectivity index (χ0) is 13.7. The van der Waals surface area contributed by atoms with Gasteiger partial charge in [-0.1, -0.05) is 12.8 Å². The fourth-order valence-corrected chi connectivity index (χ4v) is 2.72. The minimum atomic E-state index is -0.343. The molecule has 104 valence electrons. The van der Waals surface area contributed by atoms with Crippen molar-refractivity contribution in [2.75, 3.05) is 13.2 Å². The second-order valence-corrected chi connectivity index (χ2v) is 5.20. The molecule has 1 aliphatic carbocycles. The van der Waals surface area contributed by atoms with Gasteiger partial charge < -0.3 is 10.4 Å². The largest absolute Gasteiger partial charge is 0.396 e. The molecule has 2 atom stereocenters. The van der Waals surface area contributed by atoms with E-state index in [2.05, 4.69) is 5.32 Å². The van der Waals surface area contributed by atoms with Crippen LogP contribution < -0.4 is 5.32 Å². The van der Waals surface area contributed by atoms with Gasteiger partial charge in [-0.25, -0.2) is 4.39 Å². The topological polar surface area (TPSA) is 49.3 Å². The van der Waals surface area contributed by atoms with Crippen molar-refractivity contribution >= 4 is 5.91 Å². The summed E-state index contributed by atoms with van der Waals surface area (Å²) in [5.74, 6) is 0.122. The summed E-state index contributed by atoms with van der Waals surface area (Å²) in [6.07, 6.45) is 4.41. The summed E-state index contributed by atoms with van der Waals surface area (Å²) >= 11 is 0. The van der Waals surface area contributed by atoms with Crippen molar-refractivity contribution in [3.05, 3.63) is 35.6 Å². The maximum atomic E-state index is 12.8. The van der Waals surface area contributed by atoms with Gasteiger partial charge in [0, 0.05) is 18.7 Å². The minimum absolute atomic E-state index is 0.178. The van der Waals surface area contributed by atoms with Gasteiger partial charge in [-0.15, -0.1) is 0 Å². The lowest BCUT2D eigenvalue weighted by atomic mass is 9.79. The van der Waals surface area contributed by atoms with E-state index in [1.807, 2.05) is 0 Å². The van der Waals surface area contributed by atoms with Gasteiger partial charge in [0.25, 0.3) is 5.91 Å². The Morgan fingerprint density at radius 1 is 1.21 bits per heavy atom. The van der Waals surface area contributed by atoms with Crippen molar-refractivity contribution in [2.24, 2.45) is 11.8 Å². The Labute approximate surface area is 112 Å². The van der Waals surface area contributed by atoms with Gasteiger partial charge in [0.2, 0.25) is 0 Å². The van der Waals surface area contributed by atoms with E-state index < -0.39 is 0 Å². The molecule has 1 fully saturated rings. The number of carbonyl (C=O) groups is 1. The Hall–Kier alpha value is -1.42. The molecule has 1 aliphatic rings. The third-order valence-electron chi connectivity index (χ3n) is 3.93. The van der Waals surface area contributed by atoms with Gasteiger partial charge in [0.1, 0.15) is 5.82 Å². The van der Waals surface area contributed by atoms with E-state index in [0.29, 0.717) is 23.9 Å². The summed E-state index contributed by atoms with van der Waals surface area (Å²) in [7, 11) is 0. The Morgan fingerprint density at radius 2 is 1.84 bits per heavy atom. The highest BCUT2D eigenvalue weighted by molar-refractivity contribution is 5.94. The molecule has 1 aromatic rings. The first-order valence-corrected chi connectivity index (χ1v) is 6.85. The van der Waals surface area contributed by atoms with Crippen molar-refractivity contribution < 1.29 is 14.3 Å². The molecule has 0 heterocycles. The third-order valence-corrected chi connectivity index (χ3v) is 3.93. The number of halogens is 1. The first kappa shape index (κ1) is 14.0. The van der Waals surface area contributed by atoms with Gasteiger partial charge in [0.05, 0.1) is 0 Å². The Morgan fingerprint density at radius 3 is 2.47 bits per heavy atom. The highest BCUT2D eigenvalue weighted by Crippen LogP contribution is 2.29. The number of benzene rings is 1. The minimum Gasteiger partial charge on any atom is -0.396 e. The van der Waals surface area contributed by atoms with E-state index in [1.165, 1.54) is 24.3 Å². The van der Waals surface area contributed by atoms with Crippen LogP contribution in [0, 0.1) is 17.7 Å². The molecular weight excluding hydrogens is 245 g/mol. The number of amides is 1. The lowest BCUT2D eigenvalue weighted by molar-refractivity contribution is 0.0909. The second kappa shape index (κ2) is 6.66. The first-order valence-electron chi connectivity index (χ1n) is 6.85. The highest BCUT2D eigenvalue weighted by Gasteiger charge is 2.24. The molecule has 0 aliphatic heterocycles. The van der Waals surface area contributed by atoms with E-state index in [4.69, 9.17) is 0 Å². The van der Waals surface area contributed by atoms with E-state index in [9.17, 15) is 14.3 Å². The van der Waals surface area contributed by atoms with Crippen LogP contribution in [0.25, 0.3) is 0 Å². The quantitative estimate of drug-likeness (QED) is 0.878. The highest BCUT2D eigenvalue weighted by atomic mass is 19.1. The molecule has 1 aromatic carbocycles. The van der Waals surface area contributed by atoms with Crippen LogP contribution in [0.2, 0.25) is 0 Å². The van der Waals surface area contributed by atoms with Crippen molar-refractivity contribution in [3.63, 3.8) is 0 Å². The Bertz CT molecular complexity index is 419. The Kier molecular flexibility index (Phi) is 4.91. The van der Waals surface area contributed by atoms with Crippen molar-refractivity contribution in [1.82, 2.24) is 5.32 Å². The smallest absolute Gasteiger partial charge is 0.251 e. The summed E-state index contributed by atoms with van der Waals surface area (Å²) < 4.78 is 12.8. The van der Waals surface area contributed by atoms with Crippen LogP contribution >= 0.6 is 0 Å². The molecule has 1 amide bonds. The van der Waals surface area contributed by atoms with Gasteiger partial charge in [-0.3, -0.25) is 4.79 Å². The van der Waals surface area contributed by atoms with Crippen LogP contribution in [0.3, 0.4) is 0 Å². The molecule has 0 bridgehead atoms. The lowest BCUT2D eigenvalue weighted by Gasteiger charge is -2.30. The fourth-order valence-electron chi connectivity index (χ4n) is 2.72. The van der Waals surface area contributed by atoms with Crippen LogP contribution in [-0.4, -0.2) is 24.2 Å². The zero-order valence-corrected chi connectivity index (χ0v) is 10.9. The number of hydrogen-bond donors (Lipinski definition) is 2. The molecule has 4 heteroatoms. The molecule has 19 heavy (non-hydrogen) atoms. The van der Waals surface area contributed by atoms with E-state index >= 15 is 0 Å². The van der Waals surface area contributed by atoms with Crippen molar-refractivity contribution in [1.29, 1.82) is 0 Å². The number of aliphatic hydroxyl groups is 1. The summed E-state index contributed by atoms with van der Waals surface area (Å²) in [5, 5.41) is 12.2. The number of aliphatic hydroxyl groups excluding tert-OH is 1. The first-order chi connectivity index (χ1) is 9.20. The summed E-state index contributed by atoms with van der Waals surface area (Å²) in [6, 6.07) is 5.53. The number of hydrogen-bond acceptors (Lipinski definition) is 2. The molecule has 2 N–H and O–H groups in total. The van der Waals surface area contributed by atoms with E-state index in [-0.39, 0.29) is 18.3 Å². The maximum Gasteiger partial charge on any atom is 0.251 e. The van der Waals surface area contributed by atoms with Crippen LogP contribution in [0.1, 0.15) is 36.0 Å². The molecule has 2 rings (SSSR count). The number of nitrogens with one attached hydrogen (secondary N) is 1. The average Bonchev–Trinajstić information content (AvgIpc) is 2.45. The lowest BCUT2D eigenvalue weighted by Crippen LogP contribution is -2.35. The maximum absolute atomic E-state index is 12.8. The van der Waals surface area contributed by atoms with Crippen molar-refractivity contribution in [3.8, 4) is 0 Å². The molecule has 0 spiro atoms. The normalized spacial score (nSPS) is 23.1. The van der Waals surface area contributed by atoms with E-state index in [1.54, 1.807) is 0 Å².